The molecule has 17 nitrogen and oxygen atoms in total. The zero-order chi connectivity index (χ0) is 71.1. The van der Waals surface area contributed by atoms with Crippen molar-refractivity contribution in [2.45, 2.75) is 233 Å². The largest absolute Gasteiger partial charge is 0.497 e. The molecule has 5 unspecified atom stereocenters. The van der Waals surface area contributed by atoms with Crippen LogP contribution in [0.1, 0.15) is 133 Å². The number of carbonyl (C=O) groups excluding carboxylic acids is 3. The first kappa shape index (κ1) is 85.8. The van der Waals surface area contributed by atoms with Gasteiger partial charge in [-0.15, -0.1) is 0 Å². The highest BCUT2D eigenvalue weighted by atomic mass is 79.9. The fraction of sp³-hybridized carbons (Fsp3) is 0.671. The normalized spacial score (nSPS) is 19.2. The first-order valence-corrected chi connectivity index (χ1v) is 47.0. The predicted octanol–water partition coefficient (Wildman–Crippen LogP) is 17.0. The number of hydrogen-bond acceptors (Lipinski definition) is 17. The Morgan fingerprint density at radius 1 is 0.656 bits per heavy atom. The lowest BCUT2D eigenvalue weighted by Crippen LogP contribution is -2.41. The quantitative estimate of drug-likeness (QED) is 0.0255. The molecule has 2 fully saturated rings. The number of aliphatic hydroxyl groups is 1. The fourth-order valence-electron chi connectivity index (χ4n) is 8.58. The van der Waals surface area contributed by atoms with Crippen molar-refractivity contribution in [2.75, 3.05) is 61.3 Å². The van der Waals surface area contributed by atoms with Gasteiger partial charge in [-0.25, -0.2) is 9.59 Å². The van der Waals surface area contributed by atoms with Crippen LogP contribution >= 0.6 is 31.9 Å². The maximum Gasteiger partial charge on any atom is 0.342 e. The van der Waals surface area contributed by atoms with E-state index in [0.717, 1.165) is 33.9 Å². The smallest absolute Gasteiger partial charge is 0.342 e. The van der Waals surface area contributed by atoms with E-state index >= 15 is 0 Å². The number of esters is 2. The van der Waals surface area contributed by atoms with E-state index in [-0.39, 0.29) is 36.2 Å². The van der Waals surface area contributed by atoms with Crippen LogP contribution in [0.25, 0.3) is 12.2 Å². The van der Waals surface area contributed by atoms with E-state index < -0.39 is 80.7 Å². The first-order valence-electron chi connectivity index (χ1n) is 32.1. The minimum atomic E-state index is -1.90. The Balaban J connectivity index is 0.000000539. The first-order chi connectivity index (χ1) is 42.7. The summed E-state index contributed by atoms with van der Waals surface area (Å²) in [6, 6.07) is 8.82. The third-order valence-corrected chi connectivity index (χ3v) is 28.9. The molecule has 0 aromatic heterocycles. The summed E-state index contributed by atoms with van der Waals surface area (Å²) >= 11 is 6.74. The van der Waals surface area contributed by atoms with Gasteiger partial charge in [-0.1, -0.05) is 136 Å². The van der Waals surface area contributed by atoms with Crippen molar-refractivity contribution in [1.29, 1.82) is 0 Å². The van der Waals surface area contributed by atoms with E-state index in [1.807, 2.05) is 52.0 Å². The average molecular weight is 1500 g/mol. The van der Waals surface area contributed by atoms with E-state index in [1.54, 1.807) is 45.2 Å². The molecule has 23 heteroatoms. The van der Waals surface area contributed by atoms with Gasteiger partial charge < -0.3 is 70.9 Å². The molecule has 1 N–H and O–H groups in total. The molecule has 0 spiro atoms. The number of aldehydes is 1. The third-order valence-electron chi connectivity index (χ3n) is 16.0. The van der Waals surface area contributed by atoms with Gasteiger partial charge in [0.15, 0.2) is 48.1 Å². The van der Waals surface area contributed by atoms with Gasteiger partial charge in [-0.05, 0) is 169 Å². The van der Waals surface area contributed by atoms with Crippen LogP contribution in [0.3, 0.4) is 0 Å². The zero-order valence-corrected chi connectivity index (χ0v) is 68.3. The summed E-state index contributed by atoms with van der Waals surface area (Å²) in [5.74, 6) is 5.13. The van der Waals surface area contributed by atoms with Crippen LogP contribution in [-0.2, 0) is 51.5 Å². The van der Waals surface area contributed by atoms with E-state index in [9.17, 15) is 19.5 Å². The van der Waals surface area contributed by atoms with Crippen LogP contribution in [0.4, 0.5) is 0 Å². The van der Waals surface area contributed by atoms with Crippen LogP contribution in [0.2, 0.25) is 87.6 Å². The molecule has 528 valence electrons. The van der Waals surface area contributed by atoms with Crippen molar-refractivity contribution in [1.82, 2.24) is 0 Å². The highest BCUT2D eigenvalue weighted by molar-refractivity contribution is 9.28. The number of methoxy groups -OCH3 is 3. The maximum atomic E-state index is 13.4. The molecule has 0 radical (unpaired) electrons. The molecular weight excluding hydrogens is 1380 g/mol. The van der Waals surface area contributed by atoms with Crippen molar-refractivity contribution < 1.29 is 80.4 Å². The maximum absolute atomic E-state index is 13.4. The number of rotatable bonds is 30. The molecule has 7 atom stereocenters. The van der Waals surface area contributed by atoms with Crippen LogP contribution in [-0.4, -0.2) is 160 Å². The van der Waals surface area contributed by atoms with Gasteiger partial charge in [0, 0.05) is 55.6 Å². The fourth-order valence-corrected chi connectivity index (χ4v) is 13.1. The molecule has 0 bridgehead atoms. The summed E-state index contributed by atoms with van der Waals surface area (Å²) in [6.07, 6.45) is 7.91. The molecule has 2 aromatic rings. The number of halogens is 2. The van der Waals surface area contributed by atoms with Gasteiger partial charge >= 0.3 is 11.9 Å². The number of aryl methyl sites for hydroxylation is 1. The molecule has 2 aromatic carbocycles. The SMILES string of the molecule is COCOc1cc(C)cc(/C=C/CC2OC(C)(C)OC2C=O)c1C(=O)OCC[Si](C)(C)C.COCOc1cc(OC)cc(/C=C/CC2OC(C)(C)OC2C(O)C#C[C@@H](C)CO[Si](C)(C)C(C)(C)C)c1C(=O)OCC[Si](C)(C)C.C[C@H](C=C(Br)Br)CO[Si](C)(C)C(C)(C)C. The number of benzene rings is 2. The van der Waals surface area contributed by atoms with E-state index in [4.69, 9.17) is 61.0 Å². The van der Waals surface area contributed by atoms with Crippen molar-refractivity contribution in [3.8, 4) is 29.1 Å². The monoisotopic (exact) mass is 1500 g/mol. The van der Waals surface area contributed by atoms with Crippen molar-refractivity contribution in [3.05, 3.63) is 73.7 Å². The summed E-state index contributed by atoms with van der Waals surface area (Å²) in [4.78, 5) is 37.7. The van der Waals surface area contributed by atoms with E-state index in [0.29, 0.717) is 77.6 Å². The lowest BCUT2D eigenvalue weighted by atomic mass is 10.0. The van der Waals surface area contributed by atoms with Gasteiger partial charge in [0.1, 0.15) is 46.7 Å². The standard InChI is InChI=1S/C35H58O9Si2.C24H36O7Si.C11H22Br2OSi/c1-25(23-42-46(12,13)34(2,3)4)17-18-28(36)32-29(43-35(5,6)44-32)16-14-15-26-21-27(39-8)22-30(41-24-38-7)31(26)33(37)40-19-20-45(9,10)11;1-17-13-18(9-8-10-19-21(15-25)31-24(2,3)30-19)22(20(14-17)29-16-27-4)23(26)28-11-12-32(5,6)7;1-9(7-10(12)13)8-14-15(5,6)11(2,3)4/h14-15,21-22,25,28-29,32,36H,16,19-20,23-24H2,1-13H3;8-9,13-15,19,21H,10-12,16H2,1-7H3;7,9H,8H2,1-6H3/b15-14+;9-8+;/t25-,28?,29?,32?;;9-/m1.1/s1. The molecule has 0 amide bonds. The Morgan fingerprint density at radius 2 is 1.11 bits per heavy atom. The number of carbonyl (C=O) groups is 3. The molecule has 2 heterocycles. The molecular formula is C70H116Br2O17Si4. The Bertz CT molecular complexity index is 2830. The molecule has 0 aliphatic carbocycles. The predicted molar refractivity (Wildman–Crippen MR) is 391 cm³/mol. The highest BCUT2D eigenvalue weighted by Gasteiger charge is 2.45. The molecule has 2 aliphatic heterocycles. The van der Waals surface area contributed by atoms with Gasteiger partial charge in [-0.3, -0.25) is 0 Å². The third kappa shape index (κ3) is 31.4. The number of ether oxygens (including phenoxy) is 11. The van der Waals surface area contributed by atoms with Crippen LogP contribution in [0.15, 0.2) is 45.9 Å². The second-order valence-electron chi connectivity index (χ2n) is 30.2. The summed E-state index contributed by atoms with van der Waals surface area (Å²) in [5.41, 5.74) is 2.81. The molecule has 2 saturated heterocycles. The highest BCUT2D eigenvalue weighted by Crippen LogP contribution is 2.39. The molecule has 4 rings (SSSR count). The van der Waals surface area contributed by atoms with Gasteiger partial charge in [0.2, 0.25) is 0 Å². The van der Waals surface area contributed by atoms with Crippen LogP contribution in [0.5, 0.6) is 17.2 Å². The lowest BCUT2D eigenvalue weighted by molar-refractivity contribution is -0.151. The lowest BCUT2D eigenvalue weighted by Gasteiger charge is -2.36. The Labute approximate surface area is 580 Å². The van der Waals surface area contributed by atoms with Crippen molar-refractivity contribution in [2.24, 2.45) is 11.8 Å². The second kappa shape index (κ2) is 38.2. The summed E-state index contributed by atoms with van der Waals surface area (Å²) in [7, 11) is -1.63. The van der Waals surface area contributed by atoms with Crippen LogP contribution < -0.4 is 14.2 Å². The topological polar surface area (TPSA) is 191 Å². The molecule has 93 heavy (non-hydrogen) atoms. The van der Waals surface area contributed by atoms with E-state index in [2.05, 4.69) is 164 Å². The van der Waals surface area contributed by atoms with Gasteiger partial charge in [-0.2, -0.15) is 0 Å². The van der Waals surface area contributed by atoms with Gasteiger partial charge in [0.25, 0.3) is 0 Å². The number of hydrogen-bond donors (Lipinski definition) is 1. The Kier molecular flexibility index (Phi) is 35.2. The Morgan fingerprint density at radius 3 is 1.56 bits per heavy atom. The summed E-state index contributed by atoms with van der Waals surface area (Å²) in [5, 5.41) is 11.5. The Hall–Kier alpha value is -3.30. The van der Waals surface area contributed by atoms with Gasteiger partial charge in [0.05, 0.1) is 35.9 Å². The average Bonchev–Trinajstić information content (AvgIpc) is 1.56. The summed E-state index contributed by atoms with van der Waals surface area (Å²) in [6.45, 7) is 51.1. The van der Waals surface area contributed by atoms with E-state index in [1.165, 1.54) is 14.2 Å². The molecule has 2 aliphatic rings. The minimum absolute atomic E-state index is 0.0190. The van der Waals surface area contributed by atoms with Crippen molar-refractivity contribution >= 4 is 95.0 Å². The summed E-state index contributed by atoms with van der Waals surface area (Å²) < 4.78 is 75.4. The van der Waals surface area contributed by atoms with Crippen LogP contribution in [0, 0.1) is 30.6 Å². The molecule has 0 saturated carbocycles. The second-order valence-corrected chi connectivity index (χ2v) is 53.8. The number of aliphatic hydroxyl groups excluding tert-OH is 1. The minimum Gasteiger partial charge on any atom is -0.497 e. The zero-order valence-electron chi connectivity index (χ0n) is 61.1. The van der Waals surface area contributed by atoms with Crippen molar-refractivity contribution in [3.63, 3.8) is 0 Å².